The van der Waals surface area contributed by atoms with Crippen molar-refractivity contribution in [3.63, 3.8) is 0 Å². The summed E-state index contributed by atoms with van der Waals surface area (Å²) in [5.74, 6) is 0.789. The van der Waals surface area contributed by atoms with Crippen LogP contribution in [0.15, 0.2) is 106 Å². The molecular weight excluding hydrogens is 500 g/mol. The van der Waals surface area contributed by atoms with Gasteiger partial charge >= 0.3 is 0 Å². The summed E-state index contributed by atoms with van der Waals surface area (Å²) in [5, 5.41) is 7.06. The zero-order chi connectivity index (χ0) is 26.6. The highest BCUT2D eigenvalue weighted by Crippen LogP contribution is 2.35. The van der Waals surface area contributed by atoms with E-state index in [0.717, 1.165) is 34.0 Å². The molecule has 37 heavy (non-hydrogen) atoms. The van der Waals surface area contributed by atoms with Crippen LogP contribution in [0.25, 0.3) is 0 Å². The first kappa shape index (κ1) is 28.2. The maximum atomic E-state index is 11.3. The molecule has 7 heteroatoms. The molecule has 0 spiro atoms. The monoisotopic (exact) mass is 532 g/mol. The number of aliphatic imine (C=N–C) groups is 1. The summed E-state index contributed by atoms with van der Waals surface area (Å²) in [4.78, 5) is 22.7. The molecule has 1 atom stereocenters. The Morgan fingerprint density at radius 2 is 1.84 bits per heavy atom. The summed E-state index contributed by atoms with van der Waals surface area (Å²) in [5.41, 5.74) is 4.54. The van der Waals surface area contributed by atoms with Gasteiger partial charge in [0.25, 0.3) is 0 Å². The number of hydrogen-bond donors (Lipinski definition) is 2. The van der Waals surface area contributed by atoms with Crippen LogP contribution in [0.2, 0.25) is 5.02 Å². The molecule has 0 radical (unpaired) electrons. The molecular formula is C30H33ClN4OS. The van der Waals surface area contributed by atoms with Crippen LogP contribution < -0.4 is 10.6 Å². The van der Waals surface area contributed by atoms with Gasteiger partial charge in [0, 0.05) is 45.0 Å². The van der Waals surface area contributed by atoms with Crippen molar-refractivity contribution in [3.8, 4) is 0 Å². The Morgan fingerprint density at radius 1 is 1.14 bits per heavy atom. The van der Waals surface area contributed by atoms with Gasteiger partial charge in [-0.15, -0.1) is 6.58 Å². The maximum Gasteiger partial charge on any atom is 0.226 e. The van der Waals surface area contributed by atoms with Crippen molar-refractivity contribution in [1.29, 1.82) is 0 Å². The molecule has 0 fully saturated rings. The van der Waals surface area contributed by atoms with E-state index >= 15 is 0 Å². The highest BCUT2D eigenvalue weighted by atomic mass is 35.5. The van der Waals surface area contributed by atoms with E-state index in [1.54, 1.807) is 18.5 Å². The molecule has 3 aromatic rings. The summed E-state index contributed by atoms with van der Waals surface area (Å²) in [6.45, 7) is 10.9. The van der Waals surface area contributed by atoms with Crippen molar-refractivity contribution in [2.75, 3.05) is 0 Å². The Balaban J connectivity index is 0.000000233. The van der Waals surface area contributed by atoms with Gasteiger partial charge in [-0.25, -0.2) is 0 Å². The average molecular weight is 533 g/mol. The van der Waals surface area contributed by atoms with Gasteiger partial charge in [-0.2, -0.15) is 0 Å². The Labute approximate surface area is 229 Å². The molecule has 1 aromatic heterocycles. The van der Waals surface area contributed by atoms with Gasteiger partial charge in [0.2, 0.25) is 5.91 Å². The number of aromatic nitrogens is 1. The van der Waals surface area contributed by atoms with Crippen LogP contribution in [0.4, 0.5) is 0 Å². The molecule has 0 saturated heterocycles. The second kappa shape index (κ2) is 14.4. The summed E-state index contributed by atoms with van der Waals surface area (Å²) in [7, 11) is 0. The van der Waals surface area contributed by atoms with Gasteiger partial charge in [-0.1, -0.05) is 73.6 Å². The normalized spacial score (nSPS) is 14.4. The number of nitrogens with zero attached hydrogens (tertiary/aromatic N) is 2. The lowest BCUT2D eigenvalue weighted by atomic mass is 10.1. The van der Waals surface area contributed by atoms with Crippen LogP contribution >= 0.6 is 23.4 Å². The van der Waals surface area contributed by atoms with Gasteiger partial charge in [0.15, 0.2) is 0 Å². The van der Waals surface area contributed by atoms with Crippen molar-refractivity contribution < 1.29 is 4.79 Å². The number of fused-ring (bicyclic) bond motifs is 1. The van der Waals surface area contributed by atoms with Gasteiger partial charge in [-0.3, -0.25) is 14.8 Å². The fourth-order valence-corrected chi connectivity index (χ4v) is 4.62. The van der Waals surface area contributed by atoms with Crippen molar-refractivity contribution in [2.24, 2.45) is 10.9 Å². The standard InChI is InChI=1S/C19H19ClN2S.C11H14N2O/c1-3-17-13(2)22-19(16-6-4-5-7-18(16)23-17)21-12-14-8-10-15(20)11-9-14;1-3-9(2)11(14)13-8-10-4-6-12-7-5-10/h4-11H,3,12H2,1-2H3,(H,21,22);3-7,9H,1,8H2,2H3,(H,13,14). The fraction of sp³-hybridized carbons (Fsp3) is 0.233. The van der Waals surface area contributed by atoms with Gasteiger partial charge in [-0.05, 0) is 54.8 Å². The summed E-state index contributed by atoms with van der Waals surface area (Å²) in [6, 6.07) is 20.0. The lowest BCUT2D eigenvalue weighted by Crippen LogP contribution is -2.27. The number of allylic oxidation sites excluding steroid dienone is 2. The smallest absolute Gasteiger partial charge is 0.226 e. The number of carbonyl (C=O) groups is 1. The highest BCUT2D eigenvalue weighted by molar-refractivity contribution is 8.03. The Kier molecular flexibility index (Phi) is 11.0. The van der Waals surface area contributed by atoms with Crippen LogP contribution in [0, 0.1) is 5.92 Å². The van der Waals surface area contributed by atoms with Gasteiger partial charge in [0.1, 0.15) is 5.84 Å². The largest absolute Gasteiger partial charge is 0.352 e. The summed E-state index contributed by atoms with van der Waals surface area (Å²) in [6.07, 6.45) is 6.06. The van der Waals surface area contributed by atoms with Gasteiger partial charge < -0.3 is 10.6 Å². The molecule has 1 aliphatic heterocycles. The van der Waals surface area contributed by atoms with E-state index in [0.29, 0.717) is 13.1 Å². The number of halogens is 1. The first-order chi connectivity index (χ1) is 17.9. The molecule has 2 heterocycles. The third-order valence-corrected chi connectivity index (χ3v) is 7.41. The number of hydrogen-bond acceptors (Lipinski definition) is 4. The minimum atomic E-state index is -0.142. The first-order valence-corrected chi connectivity index (χ1v) is 13.4. The zero-order valence-electron chi connectivity index (χ0n) is 21.5. The summed E-state index contributed by atoms with van der Waals surface area (Å²) >= 11 is 7.78. The molecule has 0 bridgehead atoms. The number of rotatable bonds is 7. The molecule has 5 nitrogen and oxygen atoms in total. The van der Waals surface area contributed by atoms with Crippen molar-refractivity contribution in [2.45, 2.75) is 45.2 Å². The summed E-state index contributed by atoms with van der Waals surface area (Å²) < 4.78 is 0. The lowest BCUT2D eigenvalue weighted by molar-refractivity contribution is -0.123. The quantitative estimate of drug-likeness (QED) is 0.317. The Morgan fingerprint density at radius 3 is 2.51 bits per heavy atom. The van der Waals surface area contributed by atoms with E-state index in [-0.39, 0.29) is 11.8 Å². The molecule has 2 aromatic carbocycles. The van der Waals surface area contributed by atoms with E-state index in [4.69, 9.17) is 16.6 Å². The number of carbonyl (C=O) groups excluding carboxylic acids is 1. The predicted molar refractivity (Wildman–Crippen MR) is 156 cm³/mol. The fourth-order valence-electron chi connectivity index (χ4n) is 3.46. The second-order valence-electron chi connectivity index (χ2n) is 8.51. The topological polar surface area (TPSA) is 66.4 Å². The van der Waals surface area contributed by atoms with Crippen LogP contribution in [-0.2, 0) is 17.9 Å². The third-order valence-electron chi connectivity index (χ3n) is 5.74. The van der Waals surface area contributed by atoms with Crippen molar-refractivity contribution in [3.05, 3.63) is 118 Å². The molecule has 4 rings (SSSR count). The van der Waals surface area contributed by atoms with Crippen LogP contribution in [0.3, 0.4) is 0 Å². The number of amidine groups is 1. The molecule has 0 saturated carbocycles. The van der Waals surface area contributed by atoms with E-state index in [1.165, 1.54) is 15.5 Å². The second-order valence-corrected chi connectivity index (χ2v) is 10.1. The molecule has 1 amide bonds. The number of amides is 1. The Bertz CT molecular complexity index is 1260. The van der Waals surface area contributed by atoms with E-state index in [1.807, 2.05) is 55.1 Å². The van der Waals surface area contributed by atoms with Crippen LogP contribution in [0.5, 0.6) is 0 Å². The maximum absolute atomic E-state index is 11.3. The van der Waals surface area contributed by atoms with E-state index in [9.17, 15) is 4.79 Å². The Hall–Kier alpha value is -3.35. The minimum absolute atomic E-state index is 0.00295. The SMILES string of the molecule is C=CC(C)C(=O)NCc1ccncc1.CCC1=C(C)NC(=NCc2ccc(Cl)cc2)c2ccccc2S1. The highest BCUT2D eigenvalue weighted by Gasteiger charge is 2.17. The number of thioether (sulfide) groups is 1. The first-order valence-electron chi connectivity index (χ1n) is 12.2. The van der Waals surface area contributed by atoms with Crippen molar-refractivity contribution in [1.82, 2.24) is 15.6 Å². The number of nitrogens with one attached hydrogen (secondary N) is 2. The molecule has 1 aliphatic rings. The van der Waals surface area contributed by atoms with Gasteiger partial charge in [0.05, 0.1) is 12.5 Å². The van der Waals surface area contributed by atoms with Crippen molar-refractivity contribution >= 4 is 35.1 Å². The zero-order valence-corrected chi connectivity index (χ0v) is 23.1. The molecule has 0 aliphatic carbocycles. The molecule has 2 N–H and O–H groups in total. The molecule has 1 unspecified atom stereocenters. The minimum Gasteiger partial charge on any atom is -0.352 e. The van der Waals surface area contributed by atoms with Crippen LogP contribution in [-0.4, -0.2) is 16.7 Å². The van der Waals surface area contributed by atoms with E-state index in [2.05, 4.69) is 60.3 Å². The van der Waals surface area contributed by atoms with E-state index < -0.39 is 0 Å². The third kappa shape index (κ3) is 8.62. The predicted octanol–water partition coefficient (Wildman–Crippen LogP) is 7.14. The lowest BCUT2D eigenvalue weighted by Gasteiger charge is -2.10. The average Bonchev–Trinajstić information content (AvgIpc) is 3.07. The van der Waals surface area contributed by atoms with Crippen LogP contribution in [0.1, 0.15) is 43.9 Å². The number of benzene rings is 2. The number of pyridine rings is 1. The molecule has 192 valence electrons.